The number of benzene rings is 3. The third kappa shape index (κ3) is 3.96. The quantitative estimate of drug-likeness (QED) is 0.270. The molecule has 1 aliphatic rings. The maximum absolute atomic E-state index is 12.6. The average Bonchev–Trinajstić information content (AvgIpc) is 3.39. The number of rotatable bonds is 4. The van der Waals surface area contributed by atoms with Crippen molar-refractivity contribution in [2.45, 2.75) is 0 Å². The minimum Gasteiger partial charge on any atom is -0.402 e. The molecule has 0 unspecified atom stereocenters. The molecule has 0 fully saturated rings. The Kier molecular flexibility index (Phi) is 5.35. The van der Waals surface area contributed by atoms with Gasteiger partial charge in [-0.1, -0.05) is 71.7 Å². The number of ether oxygens (including phenoxy) is 1. The largest absolute Gasteiger partial charge is 0.402 e. The van der Waals surface area contributed by atoms with Gasteiger partial charge in [0.15, 0.2) is 5.70 Å². The summed E-state index contributed by atoms with van der Waals surface area (Å²) < 4.78 is 7.15. The second-order valence-corrected chi connectivity index (χ2v) is 7.88. The lowest BCUT2D eigenvalue weighted by Gasteiger charge is -2.02. The van der Waals surface area contributed by atoms with E-state index in [1.807, 2.05) is 66.9 Å². The van der Waals surface area contributed by atoms with E-state index in [9.17, 15) is 4.79 Å². The van der Waals surface area contributed by atoms with E-state index < -0.39 is 5.97 Å². The molecule has 4 aromatic rings. The first-order chi connectivity index (χ1) is 15.6. The molecule has 0 spiro atoms. The smallest absolute Gasteiger partial charge is 0.363 e. The van der Waals surface area contributed by atoms with E-state index in [-0.39, 0.29) is 11.6 Å². The van der Waals surface area contributed by atoms with E-state index in [4.69, 9.17) is 33.0 Å². The second kappa shape index (κ2) is 8.46. The van der Waals surface area contributed by atoms with Crippen molar-refractivity contribution in [3.63, 3.8) is 0 Å². The van der Waals surface area contributed by atoms with Crippen molar-refractivity contribution in [3.05, 3.63) is 112 Å². The summed E-state index contributed by atoms with van der Waals surface area (Å²) >= 11 is 12.2. The monoisotopic (exact) mass is 459 g/mol. The normalized spacial score (nSPS) is 14.5. The molecule has 1 aromatic heterocycles. The highest BCUT2D eigenvalue weighted by molar-refractivity contribution is 6.37. The summed E-state index contributed by atoms with van der Waals surface area (Å²) in [4.78, 5) is 16.9. The number of cyclic esters (lactones) is 1. The number of aliphatic imine (C=N–C) groups is 1. The van der Waals surface area contributed by atoms with Gasteiger partial charge in [-0.15, -0.1) is 0 Å². The molecule has 32 heavy (non-hydrogen) atoms. The Labute approximate surface area is 194 Å². The fourth-order valence-corrected chi connectivity index (χ4v) is 3.85. The van der Waals surface area contributed by atoms with Crippen LogP contribution < -0.4 is 0 Å². The van der Waals surface area contributed by atoms with Crippen LogP contribution >= 0.6 is 23.2 Å². The molecule has 0 amide bonds. The van der Waals surface area contributed by atoms with Crippen molar-refractivity contribution in [2.24, 2.45) is 4.99 Å². The molecule has 0 saturated carbocycles. The zero-order chi connectivity index (χ0) is 22.1. The first-order valence-electron chi connectivity index (χ1n) is 9.77. The number of carbonyl (C=O) groups is 1. The Morgan fingerprint density at radius 2 is 1.62 bits per heavy atom. The van der Waals surface area contributed by atoms with E-state index in [0.717, 1.165) is 22.5 Å². The van der Waals surface area contributed by atoms with Crippen molar-refractivity contribution >= 4 is 41.1 Å². The number of aromatic nitrogens is 2. The lowest BCUT2D eigenvalue weighted by molar-refractivity contribution is -0.129. The van der Waals surface area contributed by atoms with Crippen LogP contribution in [0.1, 0.15) is 11.1 Å². The minimum absolute atomic E-state index is 0.139. The molecular formula is C25H15Cl2N3O2. The van der Waals surface area contributed by atoms with E-state index >= 15 is 0 Å². The summed E-state index contributed by atoms with van der Waals surface area (Å²) in [5, 5.41) is 5.59. The molecule has 1 aliphatic heterocycles. The predicted molar refractivity (Wildman–Crippen MR) is 126 cm³/mol. The van der Waals surface area contributed by atoms with Crippen LogP contribution in [0.15, 0.2) is 95.7 Å². The van der Waals surface area contributed by atoms with Crippen molar-refractivity contribution in [1.82, 2.24) is 9.78 Å². The Hall–Kier alpha value is -3.67. The summed E-state index contributed by atoms with van der Waals surface area (Å²) in [6.07, 6.45) is 3.54. The fraction of sp³-hybridized carbons (Fsp3) is 0. The number of carbonyl (C=O) groups excluding carboxylic acids is 1. The SMILES string of the molecule is O=C1OC(c2ccc(Cl)cc2Cl)=N/C1=C\c1cn(-c2ccccc2)nc1-c1ccccc1. The van der Waals surface area contributed by atoms with Crippen LogP contribution in [0.3, 0.4) is 0 Å². The predicted octanol–water partition coefficient (Wildman–Crippen LogP) is 6.19. The Morgan fingerprint density at radius 3 is 2.34 bits per heavy atom. The van der Waals surface area contributed by atoms with Gasteiger partial charge >= 0.3 is 5.97 Å². The molecule has 156 valence electrons. The molecule has 0 bridgehead atoms. The number of hydrogen-bond donors (Lipinski definition) is 0. The summed E-state index contributed by atoms with van der Waals surface area (Å²) in [6.45, 7) is 0. The molecule has 3 aromatic carbocycles. The number of para-hydroxylation sites is 1. The first kappa shape index (κ1) is 20.2. The van der Waals surface area contributed by atoms with E-state index in [1.54, 1.807) is 29.0 Å². The maximum atomic E-state index is 12.6. The van der Waals surface area contributed by atoms with Gasteiger partial charge in [0, 0.05) is 22.3 Å². The van der Waals surface area contributed by atoms with Crippen LogP contribution in [0, 0.1) is 0 Å². The number of esters is 1. The first-order valence-corrected chi connectivity index (χ1v) is 10.5. The molecule has 0 N–H and O–H groups in total. The summed E-state index contributed by atoms with van der Waals surface area (Å²) in [6, 6.07) is 24.4. The van der Waals surface area contributed by atoms with Gasteiger partial charge in [0.25, 0.3) is 0 Å². The van der Waals surface area contributed by atoms with Crippen LogP contribution in [-0.4, -0.2) is 21.6 Å². The number of halogens is 2. The van der Waals surface area contributed by atoms with Crippen LogP contribution in [0.5, 0.6) is 0 Å². The van der Waals surface area contributed by atoms with Crippen LogP contribution in [-0.2, 0) is 9.53 Å². The molecule has 0 atom stereocenters. The molecule has 5 rings (SSSR count). The van der Waals surface area contributed by atoms with Crippen LogP contribution in [0.25, 0.3) is 23.0 Å². The topological polar surface area (TPSA) is 56.5 Å². The minimum atomic E-state index is -0.558. The van der Waals surface area contributed by atoms with Gasteiger partial charge in [-0.05, 0) is 36.4 Å². The highest BCUT2D eigenvalue weighted by atomic mass is 35.5. The van der Waals surface area contributed by atoms with Gasteiger partial charge in [-0.2, -0.15) is 5.10 Å². The molecule has 0 aliphatic carbocycles. The second-order valence-electron chi connectivity index (χ2n) is 7.04. The van der Waals surface area contributed by atoms with E-state index in [1.165, 1.54) is 0 Å². The van der Waals surface area contributed by atoms with Crippen molar-refractivity contribution < 1.29 is 9.53 Å². The van der Waals surface area contributed by atoms with Gasteiger partial charge in [0.2, 0.25) is 5.90 Å². The molecule has 7 heteroatoms. The molecule has 5 nitrogen and oxygen atoms in total. The molecule has 0 radical (unpaired) electrons. The average molecular weight is 460 g/mol. The lowest BCUT2D eigenvalue weighted by atomic mass is 10.1. The van der Waals surface area contributed by atoms with Gasteiger partial charge in [-0.25, -0.2) is 14.5 Å². The number of hydrogen-bond acceptors (Lipinski definition) is 4. The van der Waals surface area contributed by atoms with Crippen molar-refractivity contribution in [2.75, 3.05) is 0 Å². The Balaban J connectivity index is 1.60. The summed E-state index contributed by atoms with van der Waals surface area (Å²) in [5.74, 6) is -0.419. The Bertz CT molecular complexity index is 1380. The zero-order valence-electron chi connectivity index (χ0n) is 16.6. The fourth-order valence-electron chi connectivity index (χ4n) is 3.36. The zero-order valence-corrected chi connectivity index (χ0v) is 18.1. The maximum Gasteiger partial charge on any atom is 0.363 e. The molecule has 2 heterocycles. The highest BCUT2D eigenvalue weighted by Crippen LogP contribution is 2.29. The highest BCUT2D eigenvalue weighted by Gasteiger charge is 2.26. The summed E-state index contributed by atoms with van der Waals surface area (Å²) in [5.41, 5.74) is 3.94. The van der Waals surface area contributed by atoms with Gasteiger partial charge in [0.05, 0.1) is 16.3 Å². The van der Waals surface area contributed by atoms with E-state index in [2.05, 4.69) is 4.99 Å². The Morgan fingerprint density at radius 1 is 0.906 bits per heavy atom. The van der Waals surface area contributed by atoms with E-state index in [0.29, 0.717) is 15.6 Å². The third-order valence-electron chi connectivity index (χ3n) is 4.88. The van der Waals surface area contributed by atoms with Gasteiger partial charge < -0.3 is 4.74 Å². The third-order valence-corrected chi connectivity index (χ3v) is 5.43. The van der Waals surface area contributed by atoms with Crippen molar-refractivity contribution in [1.29, 1.82) is 0 Å². The molecular weight excluding hydrogens is 445 g/mol. The van der Waals surface area contributed by atoms with Crippen molar-refractivity contribution in [3.8, 4) is 16.9 Å². The van der Waals surface area contributed by atoms with Crippen LogP contribution in [0.4, 0.5) is 0 Å². The van der Waals surface area contributed by atoms with Gasteiger partial charge in [-0.3, -0.25) is 0 Å². The summed E-state index contributed by atoms with van der Waals surface area (Å²) in [7, 11) is 0. The van der Waals surface area contributed by atoms with Gasteiger partial charge in [0.1, 0.15) is 5.69 Å². The van der Waals surface area contributed by atoms with Crippen LogP contribution in [0.2, 0.25) is 10.0 Å². The standard InChI is InChI=1S/C25H15Cl2N3O2/c26-18-11-12-20(21(27)14-18)24-28-22(25(31)32-24)13-17-15-30(19-9-5-2-6-10-19)29-23(17)16-7-3-1-4-8-16/h1-15H/b22-13-. The lowest BCUT2D eigenvalue weighted by Crippen LogP contribution is -2.05. The number of nitrogens with zero attached hydrogens (tertiary/aromatic N) is 3. The molecule has 0 saturated heterocycles.